The number of Topliss-reactive ketones (excluding diaryl/α,β-unsaturated/α-hetero) is 1. The van der Waals surface area contributed by atoms with E-state index < -0.39 is 60.1 Å². The second kappa shape index (κ2) is 31.5. The Balaban J connectivity index is 1.35. The number of carboxylic acid groups (broad SMARTS) is 1. The molecule has 17 nitrogen and oxygen atoms in total. The van der Waals surface area contributed by atoms with E-state index in [2.05, 4.69) is 10.2 Å². The largest absolute Gasteiger partial charge is 0.480 e. The van der Waals surface area contributed by atoms with Crippen molar-refractivity contribution in [2.24, 2.45) is 41.4 Å². The van der Waals surface area contributed by atoms with Crippen LogP contribution in [0.4, 0.5) is 5.69 Å². The van der Waals surface area contributed by atoms with Crippen LogP contribution in [0, 0.1) is 41.4 Å². The Kier molecular flexibility index (Phi) is 26.3. The third-order valence-corrected chi connectivity index (χ3v) is 16.9. The number of ether oxygens (including phenoxy) is 2. The minimum atomic E-state index is -1.15. The summed E-state index contributed by atoms with van der Waals surface area (Å²) in [6.45, 7) is 19.1. The fourth-order valence-corrected chi connectivity index (χ4v) is 11.8. The van der Waals surface area contributed by atoms with Crippen LogP contribution in [-0.2, 0) is 60.7 Å². The fraction of sp³-hybridized carbons (Fsp3) is 0.677. The van der Waals surface area contributed by atoms with E-state index in [0.717, 1.165) is 23.2 Å². The van der Waals surface area contributed by atoms with Crippen molar-refractivity contribution < 1.29 is 52.9 Å². The van der Waals surface area contributed by atoms with Crippen LogP contribution in [0.5, 0.6) is 0 Å². The number of aliphatic carboxylic acids is 1. The predicted molar refractivity (Wildman–Crippen MR) is 307 cm³/mol. The van der Waals surface area contributed by atoms with Gasteiger partial charge in [-0.2, -0.15) is 0 Å². The zero-order chi connectivity index (χ0) is 58.8. The first-order valence-corrected chi connectivity index (χ1v) is 29.0. The van der Waals surface area contributed by atoms with Gasteiger partial charge in [0.05, 0.1) is 42.7 Å². The first-order chi connectivity index (χ1) is 37.4. The molecule has 0 spiro atoms. The molecular weight excluding hydrogens is 1000 g/mol. The Labute approximate surface area is 471 Å². The average molecular weight is 1100 g/mol. The second-order valence-corrected chi connectivity index (χ2v) is 23.5. The number of nitrogens with one attached hydrogen (secondary N) is 1. The molecule has 0 aliphatic carbocycles. The number of benzene rings is 2. The molecule has 440 valence electrons. The molecule has 6 amide bonds. The highest BCUT2D eigenvalue weighted by molar-refractivity contribution is 6.03. The number of carbonyl (C=O) groups is 8. The first-order valence-electron chi connectivity index (χ1n) is 29.0. The molecule has 2 aromatic rings. The zero-order valence-corrected chi connectivity index (χ0v) is 50.1. The number of hydrogen-bond acceptors (Lipinski definition) is 11. The van der Waals surface area contributed by atoms with Crippen molar-refractivity contribution in [1.82, 2.24) is 24.9 Å². The minimum Gasteiger partial charge on any atom is -0.480 e. The van der Waals surface area contributed by atoms with Crippen molar-refractivity contribution in [3.05, 3.63) is 65.7 Å². The van der Waals surface area contributed by atoms with Crippen molar-refractivity contribution in [2.75, 3.05) is 59.9 Å². The number of amides is 6. The molecule has 2 aliphatic heterocycles. The lowest BCUT2D eigenvalue weighted by Crippen LogP contribution is -2.55. The Bertz CT molecular complexity index is 2330. The van der Waals surface area contributed by atoms with Gasteiger partial charge < -0.3 is 34.6 Å². The number of unbranched alkanes of at least 4 members (excludes halogenated alkanes) is 2. The molecule has 2 heterocycles. The standard InChI is InChI=1S/C62H96N6O11/c1-15-42(8)57(52(78-13)38-55(72)67-33-22-25-50(67)58(79-14)43(9)59(73)63-49(62(76)77)35-45-23-18-16-19-24-45)66(12)60(74)47(39(2)3)36-51(69)56(41(6)7)64(10)34-31-44-27-29-46(30-28-44)65(11)53(70)26-20-17-21-32-68-54(71)37-48(40(4)5)61(68)75/h16,18-19,23-24,27-30,39-43,47-50,52,56-58H,15,17,20-22,25-26,31-38H2,1-14H3,(H,63,73)(H,76,77)/t42-,43+,47-,48?,49-,50-,52+,56-,57-,58+/m0/s1. The number of carboxylic acids is 1. The third kappa shape index (κ3) is 18.0. The quantitative estimate of drug-likeness (QED) is 0.0522. The van der Waals surface area contributed by atoms with Crippen molar-refractivity contribution in [2.45, 2.75) is 176 Å². The van der Waals surface area contributed by atoms with Gasteiger partial charge in [0, 0.05) is 91.2 Å². The van der Waals surface area contributed by atoms with E-state index in [1.807, 2.05) is 117 Å². The minimum absolute atomic E-state index is 0.0125. The van der Waals surface area contributed by atoms with Crippen LogP contribution in [0.2, 0.25) is 0 Å². The van der Waals surface area contributed by atoms with Crippen LogP contribution >= 0.6 is 0 Å². The number of likely N-dealkylation sites (tertiary alicyclic amines) is 2. The Morgan fingerprint density at radius 2 is 1.47 bits per heavy atom. The lowest BCUT2D eigenvalue weighted by molar-refractivity contribution is -0.149. The summed E-state index contributed by atoms with van der Waals surface area (Å²) in [5.74, 6) is -4.03. The molecule has 2 aliphatic rings. The molecule has 4 rings (SSSR count). The Morgan fingerprint density at radius 3 is 2.03 bits per heavy atom. The van der Waals surface area contributed by atoms with Gasteiger partial charge in [0.2, 0.25) is 35.4 Å². The van der Waals surface area contributed by atoms with Crippen LogP contribution in [0.25, 0.3) is 0 Å². The SMILES string of the molecule is CC[C@H](C)[C@@H]([C@@H](CC(=O)N1CCC[C@H]1[C@H](OC)[C@@H](C)C(=O)N[C@@H](Cc1ccccc1)C(=O)O)OC)N(C)C(=O)[C@@H](CC(=O)[C@H](C(C)C)N(C)CCc1ccc(N(C)C(=O)CCCCCN2C(=O)CC(C(C)C)C2=O)cc1)C(C)C. The molecule has 0 aromatic heterocycles. The first kappa shape index (κ1) is 66.0. The molecule has 1 unspecified atom stereocenters. The summed E-state index contributed by atoms with van der Waals surface area (Å²) in [6.07, 6.45) is 4.05. The zero-order valence-electron chi connectivity index (χ0n) is 50.1. The Hall–Kier alpha value is -5.52. The average Bonchev–Trinajstić information content (AvgIpc) is 4.02. The predicted octanol–water partition coefficient (Wildman–Crippen LogP) is 7.70. The molecule has 2 saturated heterocycles. The summed E-state index contributed by atoms with van der Waals surface area (Å²) in [4.78, 5) is 116. The fourth-order valence-electron chi connectivity index (χ4n) is 11.8. The summed E-state index contributed by atoms with van der Waals surface area (Å²) in [6, 6.07) is 14.4. The number of nitrogens with zero attached hydrogens (tertiary/aromatic N) is 5. The summed E-state index contributed by atoms with van der Waals surface area (Å²) in [5.41, 5.74) is 2.60. The molecule has 10 atom stereocenters. The van der Waals surface area contributed by atoms with Crippen LogP contribution in [0.15, 0.2) is 54.6 Å². The molecular formula is C62H96N6O11. The van der Waals surface area contributed by atoms with E-state index >= 15 is 0 Å². The molecule has 0 saturated carbocycles. The molecule has 0 bridgehead atoms. The monoisotopic (exact) mass is 1100 g/mol. The molecule has 0 radical (unpaired) electrons. The van der Waals surface area contributed by atoms with Gasteiger partial charge in [-0.1, -0.05) is 118 Å². The van der Waals surface area contributed by atoms with E-state index in [1.165, 1.54) is 12.0 Å². The number of likely N-dealkylation sites (N-methyl/N-ethyl adjacent to an activating group) is 2. The van der Waals surface area contributed by atoms with Crippen LogP contribution in [0.1, 0.15) is 138 Å². The topological polar surface area (TPSA) is 203 Å². The van der Waals surface area contributed by atoms with E-state index in [4.69, 9.17) is 9.47 Å². The number of rotatable bonds is 33. The maximum Gasteiger partial charge on any atom is 0.326 e. The van der Waals surface area contributed by atoms with Gasteiger partial charge in [-0.05, 0) is 86.1 Å². The lowest BCUT2D eigenvalue weighted by Gasteiger charge is -2.41. The number of ketones is 1. The van der Waals surface area contributed by atoms with Gasteiger partial charge in [0.1, 0.15) is 6.04 Å². The van der Waals surface area contributed by atoms with Gasteiger partial charge in [0.25, 0.3) is 0 Å². The summed E-state index contributed by atoms with van der Waals surface area (Å²) >= 11 is 0. The summed E-state index contributed by atoms with van der Waals surface area (Å²) in [5, 5.41) is 12.7. The van der Waals surface area contributed by atoms with E-state index in [-0.39, 0.29) is 90.6 Å². The van der Waals surface area contributed by atoms with Crippen molar-refractivity contribution in [3.63, 3.8) is 0 Å². The van der Waals surface area contributed by atoms with Gasteiger partial charge in [-0.15, -0.1) is 0 Å². The van der Waals surface area contributed by atoms with E-state index in [0.29, 0.717) is 64.6 Å². The molecule has 2 fully saturated rings. The number of hydrogen-bond donors (Lipinski definition) is 2. The number of carbonyl (C=O) groups excluding carboxylic acids is 7. The van der Waals surface area contributed by atoms with E-state index in [1.54, 1.807) is 42.8 Å². The summed E-state index contributed by atoms with van der Waals surface area (Å²) in [7, 11) is 8.50. The summed E-state index contributed by atoms with van der Waals surface area (Å²) < 4.78 is 12.1. The number of methoxy groups -OCH3 is 2. The van der Waals surface area contributed by atoms with Crippen molar-refractivity contribution >= 4 is 52.9 Å². The maximum atomic E-state index is 14.8. The van der Waals surface area contributed by atoms with Gasteiger partial charge in [0.15, 0.2) is 5.78 Å². The van der Waals surface area contributed by atoms with Gasteiger partial charge in [-0.25, -0.2) is 4.79 Å². The van der Waals surface area contributed by atoms with Crippen LogP contribution < -0.4 is 10.2 Å². The van der Waals surface area contributed by atoms with Crippen molar-refractivity contribution in [1.29, 1.82) is 0 Å². The third-order valence-electron chi connectivity index (χ3n) is 16.9. The van der Waals surface area contributed by atoms with E-state index in [9.17, 15) is 43.5 Å². The van der Waals surface area contributed by atoms with Crippen LogP contribution in [-0.4, -0.2) is 163 Å². The second-order valence-electron chi connectivity index (χ2n) is 23.5. The molecule has 2 N–H and O–H groups in total. The normalized spacial score (nSPS) is 18.9. The number of anilines is 1. The maximum absolute atomic E-state index is 14.8. The Morgan fingerprint density at radius 1 is 0.810 bits per heavy atom. The molecule has 17 heteroatoms. The lowest BCUT2D eigenvalue weighted by atomic mass is 9.83. The van der Waals surface area contributed by atoms with Crippen LogP contribution in [0.3, 0.4) is 0 Å². The number of imide groups is 1. The molecule has 79 heavy (non-hydrogen) atoms. The van der Waals surface area contributed by atoms with Gasteiger partial charge >= 0.3 is 5.97 Å². The highest BCUT2D eigenvalue weighted by Gasteiger charge is 2.44. The highest BCUT2D eigenvalue weighted by Crippen LogP contribution is 2.32. The van der Waals surface area contributed by atoms with Crippen molar-refractivity contribution in [3.8, 4) is 0 Å². The molecule has 2 aromatic carbocycles. The highest BCUT2D eigenvalue weighted by atomic mass is 16.5. The van der Waals surface area contributed by atoms with Gasteiger partial charge in [-0.3, -0.25) is 43.4 Å². The smallest absolute Gasteiger partial charge is 0.326 e.